The van der Waals surface area contributed by atoms with Gasteiger partial charge in [0, 0.05) is 14.1 Å². The highest BCUT2D eigenvalue weighted by Gasteiger charge is 2.24. The summed E-state index contributed by atoms with van der Waals surface area (Å²) in [5, 5.41) is 4.41. The molecule has 0 aromatic carbocycles. The highest BCUT2D eigenvalue weighted by Crippen LogP contribution is 2.24. The Balaban J connectivity index is 3.14. The van der Waals surface area contributed by atoms with Gasteiger partial charge in [0.25, 0.3) is 0 Å². The lowest BCUT2D eigenvalue weighted by molar-refractivity contribution is -0.132. The number of aromatic nitrogens is 2. The molecular weight excluding hydrogens is 270 g/mol. The van der Waals surface area contributed by atoms with Gasteiger partial charge in [0.1, 0.15) is 6.04 Å². The third kappa shape index (κ3) is 2.29. The summed E-state index contributed by atoms with van der Waals surface area (Å²) in [4.78, 5) is 13.6. The van der Waals surface area contributed by atoms with Crippen LogP contribution < -0.4 is 0 Å². The number of rotatable bonds is 3. The van der Waals surface area contributed by atoms with Crippen molar-refractivity contribution in [1.29, 1.82) is 0 Å². The zero-order valence-electron chi connectivity index (χ0n) is 10.4. The van der Waals surface area contributed by atoms with Gasteiger partial charge in [-0.15, -0.1) is 0 Å². The number of hydrogen-bond donors (Lipinski definition) is 0. The summed E-state index contributed by atoms with van der Waals surface area (Å²) in [5.41, 5.74) is 1.92. The maximum atomic E-state index is 12.0. The molecule has 1 amide bonds. The van der Waals surface area contributed by atoms with Gasteiger partial charge in [-0.25, -0.2) is 0 Å². The molecule has 1 unspecified atom stereocenters. The summed E-state index contributed by atoms with van der Waals surface area (Å²) >= 11 is 3.48. The van der Waals surface area contributed by atoms with Crippen LogP contribution in [0, 0.1) is 13.8 Å². The van der Waals surface area contributed by atoms with Gasteiger partial charge in [-0.2, -0.15) is 5.10 Å². The first-order chi connectivity index (χ1) is 7.40. The molecule has 1 aromatic rings. The normalized spacial score (nSPS) is 12.6. The first-order valence-electron chi connectivity index (χ1n) is 5.32. The molecule has 16 heavy (non-hydrogen) atoms. The third-order valence-electron chi connectivity index (χ3n) is 2.64. The molecule has 0 aliphatic rings. The van der Waals surface area contributed by atoms with Crippen LogP contribution in [0.4, 0.5) is 0 Å². The highest BCUT2D eigenvalue weighted by molar-refractivity contribution is 9.10. The molecule has 1 aromatic heterocycles. The second-order valence-corrected chi connectivity index (χ2v) is 4.88. The van der Waals surface area contributed by atoms with E-state index in [4.69, 9.17) is 0 Å². The average Bonchev–Trinajstić information content (AvgIpc) is 2.47. The molecule has 0 fully saturated rings. The maximum absolute atomic E-state index is 12.0. The molecule has 0 bridgehead atoms. The van der Waals surface area contributed by atoms with Crippen LogP contribution in [0.15, 0.2) is 4.47 Å². The fourth-order valence-electron chi connectivity index (χ4n) is 1.70. The van der Waals surface area contributed by atoms with Crippen molar-refractivity contribution in [3.05, 3.63) is 15.9 Å². The summed E-state index contributed by atoms with van der Waals surface area (Å²) in [7, 11) is 3.54. The Morgan fingerprint density at radius 3 is 2.38 bits per heavy atom. The van der Waals surface area contributed by atoms with E-state index in [1.54, 1.807) is 19.0 Å². The fraction of sp³-hybridized carbons (Fsp3) is 0.636. The zero-order chi connectivity index (χ0) is 12.5. The van der Waals surface area contributed by atoms with E-state index < -0.39 is 0 Å². The van der Waals surface area contributed by atoms with Crippen molar-refractivity contribution >= 4 is 21.8 Å². The largest absolute Gasteiger partial charge is 0.347 e. The summed E-state index contributed by atoms with van der Waals surface area (Å²) in [6, 6.07) is -0.208. The number of amides is 1. The highest BCUT2D eigenvalue weighted by atomic mass is 79.9. The van der Waals surface area contributed by atoms with Gasteiger partial charge in [-0.1, -0.05) is 6.92 Å². The van der Waals surface area contributed by atoms with Crippen LogP contribution in [0.5, 0.6) is 0 Å². The Kier molecular flexibility index (Phi) is 4.13. The van der Waals surface area contributed by atoms with E-state index >= 15 is 0 Å². The van der Waals surface area contributed by atoms with E-state index in [1.807, 2.05) is 25.5 Å². The Morgan fingerprint density at radius 2 is 2.06 bits per heavy atom. The number of nitrogens with zero attached hydrogens (tertiary/aromatic N) is 3. The third-order valence-corrected chi connectivity index (χ3v) is 3.79. The van der Waals surface area contributed by atoms with E-state index in [0.717, 1.165) is 22.3 Å². The first-order valence-corrected chi connectivity index (χ1v) is 6.11. The molecule has 1 heterocycles. The lowest BCUT2D eigenvalue weighted by atomic mass is 10.2. The van der Waals surface area contributed by atoms with Crippen LogP contribution in [0.1, 0.15) is 30.8 Å². The van der Waals surface area contributed by atoms with Gasteiger partial charge in [0.15, 0.2) is 0 Å². The number of carbonyl (C=O) groups is 1. The minimum Gasteiger partial charge on any atom is -0.347 e. The average molecular weight is 288 g/mol. The molecule has 0 aliphatic heterocycles. The SMILES string of the molecule is CCC(C(=O)N(C)C)n1nc(C)c(Br)c1C. The van der Waals surface area contributed by atoms with Crippen molar-refractivity contribution in [2.45, 2.75) is 33.2 Å². The van der Waals surface area contributed by atoms with Crippen molar-refractivity contribution in [2.24, 2.45) is 0 Å². The van der Waals surface area contributed by atoms with E-state index in [0.29, 0.717) is 0 Å². The van der Waals surface area contributed by atoms with Crippen LogP contribution in [-0.4, -0.2) is 34.7 Å². The molecule has 0 saturated carbocycles. The van der Waals surface area contributed by atoms with Crippen molar-refractivity contribution in [1.82, 2.24) is 14.7 Å². The zero-order valence-corrected chi connectivity index (χ0v) is 12.0. The second-order valence-electron chi connectivity index (χ2n) is 4.09. The predicted octanol–water partition coefficient (Wildman–Crippen LogP) is 2.30. The Hall–Kier alpha value is -0.840. The van der Waals surface area contributed by atoms with E-state index in [2.05, 4.69) is 21.0 Å². The van der Waals surface area contributed by atoms with Crippen LogP contribution >= 0.6 is 15.9 Å². The lowest BCUT2D eigenvalue weighted by Gasteiger charge is -2.20. The number of halogens is 1. The predicted molar refractivity (Wildman–Crippen MR) is 67.4 cm³/mol. The monoisotopic (exact) mass is 287 g/mol. The molecule has 0 radical (unpaired) electrons. The number of hydrogen-bond acceptors (Lipinski definition) is 2. The maximum Gasteiger partial charge on any atom is 0.246 e. The van der Waals surface area contributed by atoms with Gasteiger partial charge in [-0.3, -0.25) is 9.48 Å². The Labute approximate surface area is 105 Å². The van der Waals surface area contributed by atoms with Gasteiger partial charge in [-0.05, 0) is 36.2 Å². The number of likely N-dealkylation sites (N-methyl/N-ethyl adjacent to an activating group) is 1. The molecule has 0 spiro atoms. The van der Waals surface area contributed by atoms with E-state index in [-0.39, 0.29) is 11.9 Å². The summed E-state index contributed by atoms with van der Waals surface area (Å²) < 4.78 is 2.79. The van der Waals surface area contributed by atoms with E-state index in [1.165, 1.54) is 0 Å². The van der Waals surface area contributed by atoms with Crippen molar-refractivity contribution in [3.8, 4) is 0 Å². The second kappa shape index (κ2) is 4.99. The first kappa shape index (κ1) is 13.2. The fourth-order valence-corrected chi connectivity index (χ4v) is 1.96. The molecule has 1 rings (SSSR count). The van der Waals surface area contributed by atoms with Crippen LogP contribution in [0.2, 0.25) is 0 Å². The Bertz CT molecular complexity index is 398. The molecule has 0 saturated heterocycles. The summed E-state index contributed by atoms with van der Waals surface area (Å²) in [6.07, 6.45) is 0.741. The van der Waals surface area contributed by atoms with Gasteiger partial charge >= 0.3 is 0 Å². The standard InChI is InChI=1S/C11H18BrN3O/c1-6-9(11(16)14(4)5)15-8(3)10(12)7(2)13-15/h9H,6H2,1-5H3. The van der Waals surface area contributed by atoms with Gasteiger partial charge in [0.2, 0.25) is 5.91 Å². The molecule has 90 valence electrons. The van der Waals surface area contributed by atoms with Crippen LogP contribution in [0.25, 0.3) is 0 Å². The number of carbonyl (C=O) groups excluding carboxylic acids is 1. The van der Waals surface area contributed by atoms with Gasteiger partial charge < -0.3 is 4.90 Å². The molecule has 5 heteroatoms. The number of aryl methyl sites for hydroxylation is 1. The van der Waals surface area contributed by atoms with E-state index in [9.17, 15) is 4.79 Å². The van der Waals surface area contributed by atoms with Crippen LogP contribution in [-0.2, 0) is 4.79 Å². The molecule has 1 atom stereocenters. The Morgan fingerprint density at radius 1 is 1.50 bits per heavy atom. The minimum atomic E-state index is -0.208. The van der Waals surface area contributed by atoms with Crippen molar-refractivity contribution in [2.75, 3.05) is 14.1 Å². The van der Waals surface area contributed by atoms with Crippen molar-refractivity contribution in [3.63, 3.8) is 0 Å². The molecular formula is C11H18BrN3O. The summed E-state index contributed by atoms with van der Waals surface area (Å²) in [5.74, 6) is 0.0839. The minimum absolute atomic E-state index is 0.0839. The summed E-state index contributed by atoms with van der Waals surface area (Å²) in [6.45, 7) is 5.90. The van der Waals surface area contributed by atoms with Crippen LogP contribution in [0.3, 0.4) is 0 Å². The topological polar surface area (TPSA) is 38.1 Å². The molecule has 0 aliphatic carbocycles. The lowest BCUT2D eigenvalue weighted by Crippen LogP contribution is -2.32. The smallest absolute Gasteiger partial charge is 0.246 e. The van der Waals surface area contributed by atoms with Crippen molar-refractivity contribution < 1.29 is 4.79 Å². The quantitative estimate of drug-likeness (QED) is 0.856. The molecule has 4 nitrogen and oxygen atoms in total. The van der Waals surface area contributed by atoms with Gasteiger partial charge in [0.05, 0.1) is 15.9 Å². The molecule has 0 N–H and O–H groups in total.